The van der Waals surface area contributed by atoms with Crippen molar-refractivity contribution in [3.05, 3.63) is 0 Å². The number of hydrogen-bond acceptors (Lipinski definition) is 9. The maximum Gasteiger partial charge on any atom is 0.317 e. The van der Waals surface area contributed by atoms with Crippen molar-refractivity contribution >= 4 is 17.9 Å². The third-order valence-electron chi connectivity index (χ3n) is 9.18. The highest BCUT2D eigenvalue weighted by molar-refractivity contribution is 5.69. The van der Waals surface area contributed by atoms with Gasteiger partial charge in [-0.3, -0.25) is 38.9 Å². The van der Waals surface area contributed by atoms with Crippen molar-refractivity contribution in [2.45, 2.75) is 110 Å². The summed E-state index contributed by atoms with van der Waals surface area (Å²) in [5.74, 6) is -2.77. The van der Waals surface area contributed by atoms with E-state index in [0.29, 0.717) is 65.6 Å². The van der Waals surface area contributed by atoms with Gasteiger partial charge >= 0.3 is 17.9 Å². The number of nitrogens with zero attached hydrogens (tertiary/aromatic N) is 5. The van der Waals surface area contributed by atoms with Gasteiger partial charge in [-0.25, -0.2) is 0 Å². The summed E-state index contributed by atoms with van der Waals surface area (Å²) in [6.07, 6.45) is 21.4. The fourth-order valence-corrected chi connectivity index (χ4v) is 6.37. The molecule has 0 aromatic rings. The summed E-state index contributed by atoms with van der Waals surface area (Å²) >= 11 is 0. The van der Waals surface area contributed by atoms with E-state index >= 15 is 0 Å². The Morgan fingerprint density at radius 1 is 0.489 bits per heavy atom. The number of unbranched alkanes of at least 4 members (excludes halogenated alkanes) is 15. The Morgan fingerprint density at radius 3 is 1.09 bits per heavy atom. The molecule has 12 heteroatoms. The minimum absolute atomic E-state index is 0.106. The van der Waals surface area contributed by atoms with Gasteiger partial charge in [-0.1, -0.05) is 103 Å². The first-order valence-electron chi connectivity index (χ1n) is 18.7. The van der Waals surface area contributed by atoms with Crippen molar-refractivity contribution in [3.8, 4) is 0 Å². The molecule has 0 aromatic heterocycles. The van der Waals surface area contributed by atoms with Gasteiger partial charge in [-0.2, -0.15) is 0 Å². The monoisotopic (exact) mass is 671 g/mol. The van der Waals surface area contributed by atoms with Crippen molar-refractivity contribution in [1.29, 1.82) is 0 Å². The predicted octanol–water partition coefficient (Wildman–Crippen LogP) is 3.94. The van der Waals surface area contributed by atoms with Gasteiger partial charge in [-0.15, -0.1) is 0 Å². The summed E-state index contributed by atoms with van der Waals surface area (Å²) in [5.41, 5.74) is 5.98. The Balaban J connectivity index is 2.50. The van der Waals surface area contributed by atoms with Crippen LogP contribution in [0.15, 0.2) is 0 Å². The highest BCUT2D eigenvalue weighted by atomic mass is 16.4. The first-order valence-corrected chi connectivity index (χ1v) is 18.7. The molecule has 0 bridgehead atoms. The van der Waals surface area contributed by atoms with Crippen LogP contribution >= 0.6 is 0 Å². The summed E-state index contributed by atoms with van der Waals surface area (Å²) in [6.45, 7) is 8.86. The van der Waals surface area contributed by atoms with E-state index in [1.165, 1.54) is 96.3 Å². The molecule has 12 nitrogen and oxygen atoms in total. The van der Waals surface area contributed by atoms with Crippen LogP contribution in [0.1, 0.15) is 110 Å². The van der Waals surface area contributed by atoms with Crippen LogP contribution in [-0.4, -0.2) is 156 Å². The van der Waals surface area contributed by atoms with Gasteiger partial charge in [-0.05, 0) is 13.0 Å². The second-order valence-electron chi connectivity index (χ2n) is 13.5. The molecule has 0 spiro atoms. The Morgan fingerprint density at radius 2 is 0.787 bits per heavy atom. The molecule has 1 saturated heterocycles. The lowest BCUT2D eigenvalue weighted by Gasteiger charge is -2.35. The first kappa shape index (κ1) is 43.2. The van der Waals surface area contributed by atoms with Gasteiger partial charge in [0.05, 0.1) is 26.3 Å². The molecule has 5 N–H and O–H groups in total. The van der Waals surface area contributed by atoms with E-state index in [0.717, 1.165) is 19.5 Å². The van der Waals surface area contributed by atoms with E-state index in [2.05, 4.69) is 16.7 Å². The normalized spacial score (nSPS) is 16.7. The minimum Gasteiger partial charge on any atom is -0.480 e. The van der Waals surface area contributed by atoms with Gasteiger partial charge in [0, 0.05) is 65.4 Å². The quantitative estimate of drug-likeness (QED) is 0.0936. The molecule has 1 fully saturated rings. The van der Waals surface area contributed by atoms with E-state index < -0.39 is 17.9 Å². The number of aliphatic carboxylic acids is 3. The fraction of sp³-hybridized carbons (Fsp3) is 0.914. The van der Waals surface area contributed by atoms with Gasteiger partial charge in [0.1, 0.15) is 0 Å². The SMILES string of the molecule is CCCCCCCCCCCCCCCCCCN(CCN)CN1CCN(CC(=O)O)CCN(CC(=O)O)CCN(CC(=O)O)CC1. The molecule has 0 saturated carbocycles. The molecule has 0 radical (unpaired) electrons. The Bertz CT molecular complexity index is 775. The van der Waals surface area contributed by atoms with Crippen molar-refractivity contribution in [1.82, 2.24) is 24.5 Å². The lowest BCUT2D eigenvalue weighted by molar-refractivity contribution is -0.140. The number of carboxylic acid groups (broad SMARTS) is 3. The number of carboxylic acids is 3. The lowest BCUT2D eigenvalue weighted by Crippen LogP contribution is -2.50. The number of hydrogen-bond donors (Lipinski definition) is 4. The van der Waals surface area contributed by atoms with Crippen molar-refractivity contribution < 1.29 is 29.7 Å². The molecule has 1 aliphatic heterocycles. The first-order chi connectivity index (χ1) is 22.7. The van der Waals surface area contributed by atoms with E-state index in [-0.39, 0.29) is 19.6 Å². The van der Waals surface area contributed by atoms with Crippen LogP contribution in [0.5, 0.6) is 0 Å². The van der Waals surface area contributed by atoms with Crippen LogP contribution in [0.2, 0.25) is 0 Å². The summed E-state index contributed by atoms with van der Waals surface area (Å²) in [5, 5.41) is 28.3. The molecular formula is C35H70N6O6. The number of nitrogens with two attached hydrogens (primary N) is 1. The third kappa shape index (κ3) is 25.8. The van der Waals surface area contributed by atoms with E-state index in [1.807, 2.05) is 9.80 Å². The van der Waals surface area contributed by atoms with E-state index in [1.54, 1.807) is 4.90 Å². The van der Waals surface area contributed by atoms with Gasteiger partial charge in [0.15, 0.2) is 0 Å². The molecule has 0 amide bonds. The zero-order chi connectivity index (χ0) is 34.5. The Kier molecular flexibility index (Phi) is 26.8. The smallest absolute Gasteiger partial charge is 0.317 e. The third-order valence-corrected chi connectivity index (χ3v) is 9.18. The molecule has 47 heavy (non-hydrogen) atoms. The molecule has 0 aromatic carbocycles. The zero-order valence-corrected chi connectivity index (χ0v) is 29.8. The summed E-state index contributed by atoms with van der Waals surface area (Å²) in [6, 6.07) is 0. The summed E-state index contributed by atoms with van der Waals surface area (Å²) < 4.78 is 0. The van der Waals surface area contributed by atoms with Crippen LogP contribution in [-0.2, 0) is 14.4 Å². The molecule has 0 atom stereocenters. The number of rotatable bonds is 27. The molecule has 1 heterocycles. The van der Waals surface area contributed by atoms with Crippen LogP contribution in [0.25, 0.3) is 0 Å². The molecule has 276 valence electrons. The summed E-state index contributed by atoms with van der Waals surface area (Å²) in [4.78, 5) is 44.7. The zero-order valence-electron chi connectivity index (χ0n) is 29.8. The van der Waals surface area contributed by atoms with Crippen molar-refractivity contribution in [2.24, 2.45) is 5.73 Å². The molecule has 1 aliphatic rings. The predicted molar refractivity (Wildman–Crippen MR) is 189 cm³/mol. The van der Waals surface area contributed by atoms with Crippen LogP contribution < -0.4 is 5.73 Å². The van der Waals surface area contributed by atoms with E-state index in [9.17, 15) is 29.7 Å². The standard InChI is InChI=1S/C35H70N6O6/c1-2-3-4-5-6-7-8-9-10-11-12-13-14-15-16-17-19-40(20-18-36)32-41-27-25-38(30-34(44)45)23-21-37(29-33(42)43)22-24-39(26-28-41)31-35(46)47/h2-32,36H2,1H3,(H,42,43)(H,44,45)(H,46,47). The maximum atomic E-state index is 11.6. The number of carbonyl (C=O) groups is 3. The largest absolute Gasteiger partial charge is 0.480 e. The van der Waals surface area contributed by atoms with Crippen molar-refractivity contribution in [2.75, 3.05) is 98.3 Å². The van der Waals surface area contributed by atoms with Gasteiger partial charge in [0.25, 0.3) is 0 Å². The Labute approximate surface area is 285 Å². The van der Waals surface area contributed by atoms with Crippen LogP contribution in [0.4, 0.5) is 0 Å². The highest BCUT2D eigenvalue weighted by Crippen LogP contribution is 2.14. The molecule has 1 rings (SSSR count). The van der Waals surface area contributed by atoms with Crippen LogP contribution in [0.3, 0.4) is 0 Å². The molecule has 0 unspecified atom stereocenters. The molecule has 0 aliphatic carbocycles. The minimum atomic E-state index is -0.956. The fourth-order valence-electron chi connectivity index (χ4n) is 6.37. The average molecular weight is 671 g/mol. The molecular weight excluding hydrogens is 600 g/mol. The van der Waals surface area contributed by atoms with Crippen LogP contribution in [0, 0.1) is 0 Å². The van der Waals surface area contributed by atoms with E-state index in [4.69, 9.17) is 5.73 Å². The van der Waals surface area contributed by atoms with Gasteiger partial charge in [0.2, 0.25) is 0 Å². The second kappa shape index (κ2) is 29.1. The lowest BCUT2D eigenvalue weighted by atomic mass is 10.0. The Hall–Kier alpha value is -1.83. The summed E-state index contributed by atoms with van der Waals surface area (Å²) in [7, 11) is 0. The van der Waals surface area contributed by atoms with Crippen molar-refractivity contribution in [3.63, 3.8) is 0 Å². The topological polar surface area (TPSA) is 154 Å². The average Bonchev–Trinajstić information content (AvgIpc) is 3.01. The van der Waals surface area contributed by atoms with Gasteiger partial charge < -0.3 is 21.1 Å². The highest BCUT2D eigenvalue weighted by Gasteiger charge is 2.21. The second-order valence-corrected chi connectivity index (χ2v) is 13.5. The maximum absolute atomic E-state index is 11.6.